The fourth-order valence-corrected chi connectivity index (χ4v) is 3.09. The van der Waals surface area contributed by atoms with Crippen molar-refractivity contribution in [2.75, 3.05) is 18.4 Å². The Labute approximate surface area is 134 Å². The number of nitrogens with zero attached hydrogens (tertiary/aromatic N) is 2. The Morgan fingerprint density at radius 2 is 2.36 bits per heavy atom. The number of likely N-dealkylation sites (tertiary alicyclic amines) is 1. The average molecular weight is 320 g/mol. The van der Waals surface area contributed by atoms with Gasteiger partial charge in [0.15, 0.2) is 0 Å². The van der Waals surface area contributed by atoms with E-state index in [0.717, 1.165) is 35.7 Å². The minimum absolute atomic E-state index is 0.0925. The third kappa shape index (κ3) is 3.48. The standard InChI is InChI=1S/C16H18ClN3O2/c1-11-8-16(22-19-11)18-15(21)10-20-7-3-6-14(20)12-4-2-5-13(17)9-12/h2,4-5,8-9,14H,3,6-7,10H2,1H3,(H,18,21). The maximum atomic E-state index is 12.2. The van der Waals surface area contributed by atoms with Gasteiger partial charge in [-0.05, 0) is 44.0 Å². The van der Waals surface area contributed by atoms with E-state index in [9.17, 15) is 4.79 Å². The highest BCUT2D eigenvalue weighted by atomic mass is 35.5. The number of aromatic nitrogens is 1. The number of anilines is 1. The zero-order chi connectivity index (χ0) is 15.5. The van der Waals surface area contributed by atoms with E-state index in [-0.39, 0.29) is 11.9 Å². The first-order valence-electron chi connectivity index (χ1n) is 7.34. The van der Waals surface area contributed by atoms with Crippen LogP contribution in [0.1, 0.15) is 30.1 Å². The topological polar surface area (TPSA) is 58.4 Å². The van der Waals surface area contributed by atoms with Gasteiger partial charge in [0.1, 0.15) is 0 Å². The molecule has 1 aliphatic heterocycles. The second-order valence-corrected chi connectivity index (χ2v) is 6.00. The van der Waals surface area contributed by atoms with Gasteiger partial charge in [0.2, 0.25) is 11.8 Å². The van der Waals surface area contributed by atoms with Gasteiger partial charge in [0, 0.05) is 17.1 Å². The molecule has 6 heteroatoms. The Bertz CT molecular complexity index is 671. The van der Waals surface area contributed by atoms with Gasteiger partial charge >= 0.3 is 0 Å². The molecule has 0 radical (unpaired) electrons. The molecule has 1 aliphatic rings. The minimum atomic E-state index is -0.0925. The van der Waals surface area contributed by atoms with E-state index >= 15 is 0 Å². The smallest absolute Gasteiger partial charge is 0.240 e. The Hall–Kier alpha value is -1.85. The predicted octanol–water partition coefficient (Wildman–Crippen LogP) is 3.41. The van der Waals surface area contributed by atoms with Crippen molar-refractivity contribution in [1.29, 1.82) is 0 Å². The number of nitrogens with one attached hydrogen (secondary N) is 1. The highest BCUT2D eigenvalue weighted by Crippen LogP contribution is 2.32. The van der Waals surface area contributed by atoms with Crippen molar-refractivity contribution in [3.05, 3.63) is 46.6 Å². The summed E-state index contributed by atoms with van der Waals surface area (Å²) in [5.74, 6) is 0.297. The molecule has 1 N–H and O–H groups in total. The average Bonchev–Trinajstić information content (AvgIpc) is 3.08. The minimum Gasteiger partial charge on any atom is -0.338 e. The fraction of sp³-hybridized carbons (Fsp3) is 0.375. The molecule has 1 unspecified atom stereocenters. The van der Waals surface area contributed by atoms with Crippen LogP contribution in [0.4, 0.5) is 5.88 Å². The van der Waals surface area contributed by atoms with Crippen LogP contribution in [0.2, 0.25) is 5.02 Å². The normalized spacial score (nSPS) is 18.5. The zero-order valence-corrected chi connectivity index (χ0v) is 13.1. The molecule has 1 aromatic carbocycles. The summed E-state index contributed by atoms with van der Waals surface area (Å²) in [6.07, 6.45) is 2.11. The molecule has 116 valence electrons. The number of hydrogen-bond donors (Lipinski definition) is 1. The first-order chi connectivity index (χ1) is 10.6. The summed E-state index contributed by atoms with van der Waals surface area (Å²) < 4.78 is 5.01. The molecular weight excluding hydrogens is 302 g/mol. The molecule has 2 aromatic rings. The molecule has 1 amide bonds. The van der Waals surface area contributed by atoms with Crippen LogP contribution < -0.4 is 5.32 Å². The lowest BCUT2D eigenvalue weighted by atomic mass is 10.0. The number of benzene rings is 1. The van der Waals surface area contributed by atoms with Crippen LogP contribution in [0.5, 0.6) is 0 Å². The van der Waals surface area contributed by atoms with Gasteiger partial charge in [-0.15, -0.1) is 0 Å². The molecule has 0 saturated carbocycles. The van der Waals surface area contributed by atoms with Crippen molar-refractivity contribution in [3.8, 4) is 0 Å². The maximum absolute atomic E-state index is 12.2. The van der Waals surface area contributed by atoms with Gasteiger partial charge in [-0.25, -0.2) is 0 Å². The lowest BCUT2D eigenvalue weighted by Crippen LogP contribution is -2.32. The largest absolute Gasteiger partial charge is 0.338 e. The van der Waals surface area contributed by atoms with E-state index in [1.807, 2.05) is 25.1 Å². The summed E-state index contributed by atoms with van der Waals surface area (Å²) in [5.41, 5.74) is 1.90. The number of hydrogen-bond acceptors (Lipinski definition) is 4. The van der Waals surface area contributed by atoms with E-state index in [4.69, 9.17) is 16.1 Å². The summed E-state index contributed by atoms with van der Waals surface area (Å²) in [6.45, 7) is 3.05. The second-order valence-electron chi connectivity index (χ2n) is 5.56. The molecule has 22 heavy (non-hydrogen) atoms. The summed E-state index contributed by atoms with van der Waals surface area (Å²) in [5, 5.41) is 7.22. The van der Waals surface area contributed by atoms with Crippen molar-refractivity contribution >= 4 is 23.4 Å². The van der Waals surface area contributed by atoms with Gasteiger partial charge in [-0.3, -0.25) is 15.0 Å². The van der Waals surface area contributed by atoms with Crippen LogP contribution in [0.25, 0.3) is 0 Å². The zero-order valence-electron chi connectivity index (χ0n) is 12.4. The Balaban J connectivity index is 1.64. The van der Waals surface area contributed by atoms with Crippen molar-refractivity contribution in [1.82, 2.24) is 10.1 Å². The first-order valence-corrected chi connectivity index (χ1v) is 7.72. The molecule has 5 nitrogen and oxygen atoms in total. The Kier molecular flexibility index (Phi) is 4.45. The maximum Gasteiger partial charge on any atom is 0.240 e. The summed E-state index contributed by atoms with van der Waals surface area (Å²) >= 11 is 6.07. The number of amides is 1. The number of carbonyl (C=O) groups is 1. The Morgan fingerprint density at radius 1 is 1.50 bits per heavy atom. The lowest BCUT2D eigenvalue weighted by Gasteiger charge is -2.24. The van der Waals surface area contributed by atoms with Crippen LogP contribution in [-0.2, 0) is 4.79 Å². The SMILES string of the molecule is Cc1cc(NC(=O)CN2CCCC2c2cccc(Cl)c2)on1. The summed E-state index contributed by atoms with van der Waals surface area (Å²) in [6, 6.07) is 9.79. The number of rotatable bonds is 4. The van der Waals surface area contributed by atoms with Gasteiger partial charge in [-0.2, -0.15) is 0 Å². The van der Waals surface area contributed by atoms with Crippen LogP contribution in [0, 0.1) is 6.92 Å². The second kappa shape index (κ2) is 6.50. The molecule has 2 heterocycles. The molecule has 1 saturated heterocycles. The number of carbonyl (C=O) groups excluding carboxylic acids is 1. The molecule has 0 aliphatic carbocycles. The molecule has 1 fully saturated rings. The lowest BCUT2D eigenvalue weighted by molar-refractivity contribution is -0.117. The third-order valence-electron chi connectivity index (χ3n) is 3.83. The highest BCUT2D eigenvalue weighted by Gasteiger charge is 2.27. The van der Waals surface area contributed by atoms with Crippen molar-refractivity contribution in [2.24, 2.45) is 0 Å². The quantitative estimate of drug-likeness (QED) is 0.938. The van der Waals surface area contributed by atoms with Crippen LogP contribution >= 0.6 is 11.6 Å². The summed E-state index contributed by atoms with van der Waals surface area (Å²) in [7, 11) is 0. The highest BCUT2D eigenvalue weighted by molar-refractivity contribution is 6.30. The molecule has 1 aromatic heterocycles. The summed E-state index contributed by atoms with van der Waals surface area (Å²) in [4.78, 5) is 14.3. The van der Waals surface area contributed by atoms with Gasteiger partial charge in [-0.1, -0.05) is 28.9 Å². The van der Waals surface area contributed by atoms with Crippen LogP contribution in [0.15, 0.2) is 34.9 Å². The molecular formula is C16H18ClN3O2. The third-order valence-corrected chi connectivity index (χ3v) is 4.07. The first kappa shape index (κ1) is 15.1. The van der Waals surface area contributed by atoms with E-state index in [1.54, 1.807) is 6.07 Å². The number of halogens is 1. The van der Waals surface area contributed by atoms with Gasteiger partial charge in [0.25, 0.3) is 0 Å². The van der Waals surface area contributed by atoms with Crippen LogP contribution in [0.3, 0.4) is 0 Å². The Morgan fingerprint density at radius 3 is 3.09 bits per heavy atom. The van der Waals surface area contributed by atoms with Crippen molar-refractivity contribution in [3.63, 3.8) is 0 Å². The molecule has 0 spiro atoms. The van der Waals surface area contributed by atoms with Crippen LogP contribution in [-0.4, -0.2) is 29.1 Å². The van der Waals surface area contributed by atoms with E-state index < -0.39 is 0 Å². The predicted molar refractivity (Wildman–Crippen MR) is 84.9 cm³/mol. The molecule has 3 rings (SSSR count). The van der Waals surface area contributed by atoms with Crippen molar-refractivity contribution in [2.45, 2.75) is 25.8 Å². The monoisotopic (exact) mass is 319 g/mol. The van der Waals surface area contributed by atoms with E-state index in [1.165, 1.54) is 0 Å². The number of aryl methyl sites for hydroxylation is 1. The van der Waals surface area contributed by atoms with Gasteiger partial charge < -0.3 is 4.52 Å². The molecule has 1 atom stereocenters. The van der Waals surface area contributed by atoms with Crippen molar-refractivity contribution < 1.29 is 9.32 Å². The molecule has 0 bridgehead atoms. The van der Waals surface area contributed by atoms with E-state index in [2.05, 4.69) is 21.4 Å². The fourth-order valence-electron chi connectivity index (χ4n) is 2.89. The van der Waals surface area contributed by atoms with E-state index in [0.29, 0.717) is 12.4 Å². The van der Waals surface area contributed by atoms with Gasteiger partial charge in [0.05, 0.1) is 12.2 Å².